The molecule has 102 valence electrons. The van der Waals surface area contributed by atoms with Crippen molar-refractivity contribution in [3.63, 3.8) is 0 Å². The van der Waals surface area contributed by atoms with E-state index < -0.39 is 12.7 Å². The highest BCUT2D eigenvalue weighted by Crippen LogP contribution is 2.36. The summed E-state index contributed by atoms with van der Waals surface area (Å²) < 4.78 is 37.7. The number of halogens is 4. The Labute approximate surface area is 114 Å². The van der Waals surface area contributed by atoms with E-state index in [-0.39, 0.29) is 12.5 Å². The summed E-state index contributed by atoms with van der Waals surface area (Å²) in [5, 5.41) is 8.95. The maximum Gasteiger partial charge on any atom is 0.405 e. The van der Waals surface area contributed by atoms with Gasteiger partial charge in [-0.1, -0.05) is 17.7 Å². The van der Waals surface area contributed by atoms with Gasteiger partial charge >= 0.3 is 6.18 Å². The zero-order chi connectivity index (χ0) is 14.0. The van der Waals surface area contributed by atoms with E-state index in [0.717, 1.165) is 12.8 Å². The van der Waals surface area contributed by atoms with Crippen molar-refractivity contribution in [3.05, 3.63) is 28.8 Å². The molecule has 6 heteroatoms. The van der Waals surface area contributed by atoms with E-state index in [0.29, 0.717) is 16.3 Å². The Balaban J connectivity index is 2.23. The molecule has 0 aliphatic heterocycles. The van der Waals surface area contributed by atoms with E-state index in [1.54, 1.807) is 12.1 Å². The van der Waals surface area contributed by atoms with Crippen LogP contribution in [-0.4, -0.2) is 18.8 Å². The number of rotatable bonds is 4. The molecule has 0 unspecified atom stereocenters. The molecule has 1 aromatic carbocycles. The molecule has 0 N–H and O–H groups in total. The molecular formula is C13H12ClF3N2. The first kappa shape index (κ1) is 14.0. The third-order valence-corrected chi connectivity index (χ3v) is 3.33. The average molecular weight is 289 g/mol. The van der Waals surface area contributed by atoms with Gasteiger partial charge in [0, 0.05) is 16.8 Å². The highest BCUT2D eigenvalue weighted by Gasteiger charge is 2.38. The minimum absolute atomic E-state index is 0.0560. The molecule has 0 bridgehead atoms. The Morgan fingerprint density at radius 2 is 2.05 bits per heavy atom. The molecule has 0 radical (unpaired) electrons. The van der Waals surface area contributed by atoms with Crippen LogP contribution in [0.15, 0.2) is 18.2 Å². The van der Waals surface area contributed by atoms with Gasteiger partial charge in [0.05, 0.1) is 12.5 Å². The van der Waals surface area contributed by atoms with Gasteiger partial charge in [-0.15, -0.1) is 0 Å². The van der Waals surface area contributed by atoms with Crippen molar-refractivity contribution in [3.8, 4) is 6.07 Å². The van der Waals surface area contributed by atoms with Gasteiger partial charge in [0.25, 0.3) is 0 Å². The molecule has 2 rings (SSSR count). The van der Waals surface area contributed by atoms with Gasteiger partial charge in [-0.25, -0.2) is 0 Å². The Morgan fingerprint density at radius 1 is 1.37 bits per heavy atom. The third-order valence-electron chi connectivity index (χ3n) is 2.98. The van der Waals surface area contributed by atoms with E-state index in [1.165, 1.54) is 11.0 Å². The van der Waals surface area contributed by atoms with Gasteiger partial charge in [0.1, 0.15) is 6.54 Å². The molecule has 0 saturated heterocycles. The summed E-state index contributed by atoms with van der Waals surface area (Å²) in [5.74, 6) is 0. The highest BCUT2D eigenvalue weighted by molar-refractivity contribution is 6.31. The van der Waals surface area contributed by atoms with Gasteiger partial charge in [0.15, 0.2) is 0 Å². The fourth-order valence-corrected chi connectivity index (χ4v) is 2.20. The molecule has 19 heavy (non-hydrogen) atoms. The first-order chi connectivity index (χ1) is 8.90. The second-order valence-electron chi connectivity index (χ2n) is 4.58. The van der Waals surface area contributed by atoms with E-state index in [9.17, 15) is 13.2 Å². The quantitative estimate of drug-likeness (QED) is 0.839. The number of alkyl halides is 3. The monoisotopic (exact) mass is 288 g/mol. The minimum atomic E-state index is -4.24. The molecule has 1 fully saturated rings. The van der Waals surface area contributed by atoms with Crippen LogP contribution >= 0.6 is 11.6 Å². The smallest absolute Gasteiger partial charge is 0.359 e. The van der Waals surface area contributed by atoms with E-state index in [2.05, 4.69) is 0 Å². The van der Waals surface area contributed by atoms with Crippen molar-refractivity contribution >= 4 is 17.3 Å². The van der Waals surface area contributed by atoms with Crippen LogP contribution in [0.2, 0.25) is 5.02 Å². The number of nitrogens with zero attached hydrogens (tertiary/aromatic N) is 2. The van der Waals surface area contributed by atoms with Crippen molar-refractivity contribution in [2.24, 2.45) is 0 Å². The number of hydrogen-bond donors (Lipinski definition) is 0. The summed E-state index contributed by atoms with van der Waals surface area (Å²) >= 11 is 5.99. The second-order valence-corrected chi connectivity index (χ2v) is 4.99. The van der Waals surface area contributed by atoms with E-state index in [1.807, 2.05) is 6.07 Å². The van der Waals surface area contributed by atoms with E-state index >= 15 is 0 Å². The van der Waals surface area contributed by atoms with Crippen molar-refractivity contribution in [2.75, 3.05) is 11.4 Å². The molecule has 1 aliphatic carbocycles. The highest BCUT2D eigenvalue weighted by atomic mass is 35.5. The fraction of sp³-hybridized carbons (Fsp3) is 0.462. The van der Waals surface area contributed by atoms with Gasteiger partial charge in [-0.05, 0) is 30.5 Å². The maximum atomic E-state index is 12.6. The zero-order valence-corrected chi connectivity index (χ0v) is 10.8. The average Bonchev–Trinajstić information content (AvgIpc) is 3.12. The lowest BCUT2D eigenvalue weighted by molar-refractivity contribution is -0.120. The van der Waals surface area contributed by atoms with Gasteiger partial charge in [-0.2, -0.15) is 18.4 Å². The Hall–Kier alpha value is -1.41. The van der Waals surface area contributed by atoms with Crippen molar-refractivity contribution in [1.29, 1.82) is 5.26 Å². The molecule has 0 atom stereocenters. The van der Waals surface area contributed by atoms with Crippen LogP contribution in [-0.2, 0) is 6.42 Å². The predicted molar refractivity (Wildman–Crippen MR) is 67.2 cm³/mol. The van der Waals surface area contributed by atoms with Crippen LogP contribution in [0.5, 0.6) is 0 Å². The summed E-state index contributed by atoms with van der Waals surface area (Å²) in [7, 11) is 0. The maximum absolute atomic E-state index is 12.6. The fourth-order valence-electron chi connectivity index (χ4n) is 1.95. The van der Waals surface area contributed by atoms with Gasteiger partial charge < -0.3 is 4.90 Å². The zero-order valence-electron chi connectivity index (χ0n) is 10.0. The lowest BCUT2D eigenvalue weighted by Gasteiger charge is -2.26. The first-order valence-electron chi connectivity index (χ1n) is 5.89. The number of nitriles is 1. The molecule has 1 saturated carbocycles. The summed E-state index contributed by atoms with van der Waals surface area (Å²) in [5.41, 5.74) is 1.10. The van der Waals surface area contributed by atoms with E-state index in [4.69, 9.17) is 16.9 Å². The summed E-state index contributed by atoms with van der Waals surface area (Å²) in [6.07, 6.45) is -2.54. The van der Waals surface area contributed by atoms with Crippen LogP contribution in [0.1, 0.15) is 18.4 Å². The SMILES string of the molecule is N#CCc1ccc(N(CC(F)(F)F)C2CC2)cc1Cl. The van der Waals surface area contributed by atoms with Gasteiger partial charge in [-0.3, -0.25) is 0 Å². The summed E-state index contributed by atoms with van der Waals surface area (Å²) in [6.45, 7) is -0.967. The molecule has 1 aromatic rings. The van der Waals surface area contributed by atoms with Crippen LogP contribution < -0.4 is 4.90 Å². The molecule has 0 amide bonds. The molecule has 0 heterocycles. The number of benzene rings is 1. The van der Waals surface area contributed by atoms with Crippen LogP contribution in [0, 0.1) is 11.3 Å². The van der Waals surface area contributed by atoms with Crippen molar-refractivity contribution in [2.45, 2.75) is 31.5 Å². The number of anilines is 1. The first-order valence-corrected chi connectivity index (χ1v) is 6.27. The lowest BCUT2D eigenvalue weighted by Crippen LogP contribution is -2.35. The van der Waals surface area contributed by atoms with Crippen LogP contribution in [0.25, 0.3) is 0 Å². The Bertz CT molecular complexity index is 504. The standard InChI is InChI=1S/C13H12ClF3N2/c14-12-7-11(2-1-9(12)5-6-18)19(10-3-4-10)8-13(15,16)17/h1-2,7,10H,3-5,8H2. The Kier molecular flexibility index (Phi) is 3.91. The van der Waals surface area contributed by atoms with Crippen molar-refractivity contribution < 1.29 is 13.2 Å². The van der Waals surface area contributed by atoms with Crippen molar-refractivity contribution in [1.82, 2.24) is 0 Å². The van der Waals surface area contributed by atoms with Crippen LogP contribution in [0.4, 0.5) is 18.9 Å². The third kappa shape index (κ3) is 3.77. The van der Waals surface area contributed by atoms with Crippen LogP contribution in [0.3, 0.4) is 0 Å². The Morgan fingerprint density at radius 3 is 2.53 bits per heavy atom. The summed E-state index contributed by atoms with van der Waals surface area (Å²) in [6, 6.07) is 6.64. The predicted octanol–water partition coefficient (Wildman–Crippen LogP) is 3.94. The molecule has 0 aromatic heterocycles. The molecule has 2 nitrogen and oxygen atoms in total. The molecule has 0 spiro atoms. The minimum Gasteiger partial charge on any atom is -0.359 e. The summed E-state index contributed by atoms with van der Waals surface area (Å²) in [4.78, 5) is 1.34. The van der Waals surface area contributed by atoms with Gasteiger partial charge in [0.2, 0.25) is 0 Å². The normalized spacial score (nSPS) is 15.1. The topological polar surface area (TPSA) is 27.0 Å². The second kappa shape index (κ2) is 5.30. The number of hydrogen-bond acceptors (Lipinski definition) is 2. The largest absolute Gasteiger partial charge is 0.405 e. The molecular weight excluding hydrogens is 277 g/mol. The lowest BCUT2D eigenvalue weighted by atomic mass is 10.1. The molecule has 1 aliphatic rings.